The molecule has 21 heavy (non-hydrogen) atoms. The predicted molar refractivity (Wildman–Crippen MR) is 88.3 cm³/mol. The maximum Gasteiger partial charge on any atom is 0.0948 e. The molecule has 0 aliphatic carbocycles. The lowest BCUT2D eigenvalue weighted by molar-refractivity contribution is -0.910. The molecule has 128 valence electrons. The normalized spacial score (nSPS) is 12.8. The first kappa shape index (κ1) is 20.9. The monoisotopic (exact) mass is 321 g/mol. The molecular formula is C16H35NO3S. The van der Waals surface area contributed by atoms with Crippen molar-refractivity contribution in [3.63, 3.8) is 0 Å². The van der Waals surface area contributed by atoms with E-state index in [9.17, 15) is 13.0 Å². The molecule has 0 rings (SSSR count). The van der Waals surface area contributed by atoms with Gasteiger partial charge in [0.25, 0.3) is 0 Å². The summed E-state index contributed by atoms with van der Waals surface area (Å²) in [5, 5.41) is 0. The molecule has 0 saturated carbocycles. The van der Waals surface area contributed by atoms with Crippen LogP contribution in [0.1, 0.15) is 71.6 Å². The van der Waals surface area contributed by atoms with Crippen molar-refractivity contribution in [2.75, 3.05) is 32.4 Å². The first-order valence-electron chi connectivity index (χ1n) is 8.60. The van der Waals surface area contributed by atoms with E-state index in [2.05, 4.69) is 20.9 Å². The molecule has 0 aromatic heterocycles. The minimum Gasteiger partial charge on any atom is -0.748 e. The average Bonchev–Trinajstić information content (AvgIpc) is 2.39. The summed E-state index contributed by atoms with van der Waals surface area (Å²) in [6, 6.07) is 0. The number of rotatable bonds is 14. The summed E-state index contributed by atoms with van der Waals surface area (Å²) in [7, 11) is -1.85. The quantitative estimate of drug-likeness (QED) is 0.279. The fraction of sp³-hybridized carbons (Fsp3) is 1.00. The van der Waals surface area contributed by atoms with Crippen LogP contribution in [0.25, 0.3) is 0 Å². The smallest absolute Gasteiger partial charge is 0.0948 e. The van der Waals surface area contributed by atoms with Crippen molar-refractivity contribution >= 4 is 10.1 Å². The number of hydrogen-bond acceptors (Lipinski definition) is 3. The van der Waals surface area contributed by atoms with E-state index in [-0.39, 0.29) is 5.75 Å². The Morgan fingerprint density at radius 1 is 0.762 bits per heavy atom. The molecule has 0 fully saturated rings. The Labute approximate surface area is 132 Å². The molecule has 0 aromatic rings. The average molecular weight is 322 g/mol. The van der Waals surface area contributed by atoms with Crippen LogP contribution in [0.3, 0.4) is 0 Å². The minimum absolute atomic E-state index is 0.218. The van der Waals surface area contributed by atoms with E-state index in [1.807, 2.05) is 0 Å². The molecule has 4 nitrogen and oxygen atoms in total. The molecule has 0 bridgehead atoms. The Kier molecular flexibility index (Phi) is 11.4. The zero-order chi connectivity index (χ0) is 16.2. The summed E-state index contributed by atoms with van der Waals surface area (Å²) in [5.41, 5.74) is 0. The molecular weight excluding hydrogens is 286 g/mol. The highest BCUT2D eigenvalue weighted by molar-refractivity contribution is 7.85. The third-order valence-electron chi connectivity index (χ3n) is 4.20. The van der Waals surface area contributed by atoms with Crippen LogP contribution in [-0.2, 0) is 10.1 Å². The van der Waals surface area contributed by atoms with Crippen LogP contribution in [0.15, 0.2) is 0 Å². The van der Waals surface area contributed by atoms with Crippen molar-refractivity contribution < 1.29 is 17.5 Å². The predicted octanol–water partition coefficient (Wildman–Crippen LogP) is 3.53. The molecule has 0 heterocycles. The summed E-state index contributed by atoms with van der Waals surface area (Å²) in [6.07, 6.45) is 10.4. The molecule has 0 radical (unpaired) electrons. The summed E-state index contributed by atoms with van der Waals surface area (Å²) in [5.74, 6) is -0.218. The van der Waals surface area contributed by atoms with Gasteiger partial charge in [0.1, 0.15) is 0 Å². The van der Waals surface area contributed by atoms with E-state index < -0.39 is 10.1 Å². The van der Waals surface area contributed by atoms with Crippen molar-refractivity contribution in [3.8, 4) is 0 Å². The van der Waals surface area contributed by atoms with Crippen LogP contribution in [0.2, 0.25) is 0 Å². The highest BCUT2D eigenvalue weighted by Gasteiger charge is 2.20. The van der Waals surface area contributed by atoms with Gasteiger partial charge in [0.2, 0.25) is 0 Å². The fourth-order valence-corrected chi connectivity index (χ4v) is 3.28. The SMILES string of the molecule is CCCCCC[N+](C)(CCCCCC)CCCS(=O)(=O)[O-]. The highest BCUT2D eigenvalue weighted by Crippen LogP contribution is 2.13. The molecule has 0 N–H and O–H groups in total. The fourth-order valence-electron chi connectivity index (χ4n) is 2.80. The van der Waals surface area contributed by atoms with E-state index in [4.69, 9.17) is 0 Å². The van der Waals surface area contributed by atoms with Gasteiger partial charge in [-0.1, -0.05) is 39.5 Å². The van der Waals surface area contributed by atoms with Gasteiger partial charge in [0, 0.05) is 12.2 Å². The van der Waals surface area contributed by atoms with Crippen LogP contribution in [-0.4, -0.2) is 49.9 Å². The van der Waals surface area contributed by atoms with Gasteiger partial charge in [0.05, 0.1) is 36.8 Å². The zero-order valence-corrected chi connectivity index (χ0v) is 15.1. The van der Waals surface area contributed by atoms with Gasteiger partial charge in [-0.15, -0.1) is 0 Å². The molecule has 0 unspecified atom stereocenters. The lowest BCUT2D eigenvalue weighted by Crippen LogP contribution is -2.46. The van der Waals surface area contributed by atoms with E-state index in [0.717, 1.165) is 24.1 Å². The lowest BCUT2D eigenvalue weighted by Gasteiger charge is -2.35. The molecule has 0 amide bonds. The minimum atomic E-state index is -4.06. The Hall–Kier alpha value is -0.130. The third kappa shape index (κ3) is 13.3. The van der Waals surface area contributed by atoms with E-state index in [1.165, 1.54) is 51.4 Å². The summed E-state index contributed by atoms with van der Waals surface area (Å²) >= 11 is 0. The summed E-state index contributed by atoms with van der Waals surface area (Å²) < 4.78 is 33.2. The maximum absolute atomic E-state index is 10.8. The van der Waals surface area contributed by atoms with Crippen LogP contribution < -0.4 is 0 Å². The molecule has 0 saturated heterocycles. The van der Waals surface area contributed by atoms with E-state index >= 15 is 0 Å². The summed E-state index contributed by atoms with van der Waals surface area (Å²) in [6.45, 7) is 7.42. The molecule has 0 aromatic carbocycles. The molecule has 0 spiro atoms. The Morgan fingerprint density at radius 3 is 1.57 bits per heavy atom. The van der Waals surface area contributed by atoms with Gasteiger partial charge < -0.3 is 9.04 Å². The number of nitrogens with zero attached hydrogens (tertiary/aromatic N) is 1. The topological polar surface area (TPSA) is 57.2 Å². The van der Waals surface area contributed by atoms with Gasteiger partial charge in [-0.05, 0) is 25.7 Å². The molecule has 5 heteroatoms. The van der Waals surface area contributed by atoms with E-state index in [0.29, 0.717) is 6.42 Å². The van der Waals surface area contributed by atoms with E-state index in [1.54, 1.807) is 0 Å². The van der Waals surface area contributed by atoms with Crippen LogP contribution in [0.4, 0.5) is 0 Å². The first-order chi connectivity index (χ1) is 9.83. The Morgan fingerprint density at radius 2 is 1.19 bits per heavy atom. The number of quaternary nitrogens is 1. The van der Waals surface area contributed by atoms with Gasteiger partial charge in [0.15, 0.2) is 0 Å². The van der Waals surface area contributed by atoms with Crippen molar-refractivity contribution in [2.45, 2.75) is 71.6 Å². The van der Waals surface area contributed by atoms with Gasteiger partial charge in [-0.25, -0.2) is 8.42 Å². The Bertz CT molecular complexity index is 329. The molecule has 0 aliphatic heterocycles. The van der Waals surface area contributed by atoms with Crippen LogP contribution in [0, 0.1) is 0 Å². The second kappa shape index (κ2) is 11.4. The van der Waals surface area contributed by atoms with Gasteiger partial charge in [-0.3, -0.25) is 0 Å². The molecule has 0 aliphatic rings. The highest BCUT2D eigenvalue weighted by atomic mass is 32.2. The van der Waals surface area contributed by atoms with Gasteiger partial charge >= 0.3 is 0 Å². The van der Waals surface area contributed by atoms with Crippen LogP contribution >= 0.6 is 0 Å². The maximum atomic E-state index is 10.8. The van der Waals surface area contributed by atoms with Crippen LogP contribution in [0.5, 0.6) is 0 Å². The second-order valence-corrected chi connectivity index (χ2v) is 8.05. The largest absolute Gasteiger partial charge is 0.748 e. The Balaban J connectivity index is 4.22. The standard InChI is InChI=1S/C16H35NO3S/c1-4-6-8-10-13-17(3,14-11-9-7-5-2)15-12-16-21(18,19)20/h4-16H2,1-3H3. The van der Waals surface area contributed by atoms with Crippen molar-refractivity contribution in [1.29, 1.82) is 0 Å². The second-order valence-electron chi connectivity index (χ2n) is 6.53. The van der Waals surface area contributed by atoms with Crippen molar-refractivity contribution in [2.24, 2.45) is 0 Å². The number of hydrogen-bond donors (Lipinski definition) is 0. The van der Waals surface area contributed by atoms with Crippen molar-refractivity contribution in [1.82, 2.24) is 0 Å². The lowest BCUT2D eigenvalue weighted by atomic mass is 10.1. The summed E-state index contributed by atoms with van der Waals surface area (Å²) in [4.78, 5) is 0. The molecule has 0 atom stereocenters. The van der Waals surface area contributed by atoms with Crippen molar-refractivity contribution in [3.05, 3.63) is 0 Å². The zero-order valence-electron chi connectivity index (χ0n) is 14.3. The number of unbranched alkanes of at least 4 members (excludes halogenated alkanes) is 6. The van der Waals surface area contributed by atoms with Gasteiger partial charge in [-0.2, -0.15) is 0 Å². The third-order valence-corrected chi connectivity index (χ3v) is 4.98. The first-order valence-corrected chi connectivity index (χ1v) is 10.2.